The van der Waals surface area contributed by atoms with E-state index in [0.29, 0.717) is 17.8 Å². The number of benzene rings is 1. The summed E-state index contributed by atoms with van der Waals surface area (Å²) in [5.41, 5.74) is 12.4. The lowest BCUT2D eigenvalue weighted by Gasteiger charge is -1.98. The molecular formula is C13H15Cl2N5O. The van der Waals surface area contributed by atoms with Gasteiger partial charge in [0.25, 0.3) is 0 Å². The van der Waals surface area contributed by atoms with E-state index >= 15 is 0 Å². The minimum absolute atomic E-state index is 0. The van der Waals surface area contributed by atoms with Crippen LogP contribution in [-0.4, -0.2) is 17.2 Å². The summed E-state index contributed by atoms with van der Waals surface area (Å²) in [6.45, 7) is 0. The zero-order valence-corrected chi connectivity index (χ0v) is 12.6. The van der Waals surface area contributed by atoms with Crippen LogP contribution in [0, 0.1) is 0 Å². The molecule has 0 saturated carbocycles. The Morgan fingerprint density at radius 2 is 1.71 bits per heavy atom. The minimum Gasteiger partial charge on any atom is -0.384 e. The van der Waals surface area contributed by atoms with Crippen LogP contribution in [0.1, 0.15) is 0 Å². The molecule has 0 aliphatic heterocycles. The summed E-state index contributed by atoms with van der Waals surface area (Å²) >= 11 is 4.82. The van der Waals surface area contributed by atoms with Crippen molar-refractivity contribution in [3.8, 4) is 0 Å². The average Bonchev–Trinajstić information content (AvgIpc) is 2.48. The van der Waals surface area contributed by atoms with Crippen molar-refractivity contribution in [1.29, 1.82) is 0 Å². The second kappa shape index (κ2) is 10.6. The van der Waals surface area contributed by atoms with Crippen LogP contribution in [0.15, 0.2) is 52.7 Å². The Balaban J connectivity index is 0.000000715. The fraction of sp³-hybridized carbons (Fsp3) is 0.0769. The third-order valence-corrected chi connectivity index (χ3v) is 2.14. The van der Waals surface area contributed by atoms with Gasteiger partial charge >= 0.3 is 0 Å². The number of nitrogen functional groups attached to an aromatic ring is 2. The molecule has 112 valence electrons. The molecule has 6 nitrogen and oxygen atoms in total. The largest absolute Gasteiger partial charge is 0.384 e. The SMILES string of the molecule is Cl.Nc1ccc(N=Nc2ccccc2)c(N)n1.O=CCCl. The van der Waals surface area contributed by atoms with Gasteiger partial charge in [-0.15, -0.1) is 29.1 Å². The summed E-state index contributed by atoms with van der Waals surface area (Å²) in [6.07, 6.45) is 0.640. The number of hydrogen-bond donors (Lipinski definition) is 2. The Morgan fingerprint density at radius 1 is 1.10 bits per heavy atom. The molecule has 0 atom stereocenters. The third kappa shape index (κ3) is 7.24. The first-order valence-electron chi connectivity index (χ1n) is 5.65. The fourth-order valence-electron chi connectivity index (χ4n) is 1.17. The maximum atomic E-state index is 9.04. The van der Waals surface area contributed by atoms with Gasteiger partial charge in [-0.05, 0) is 24.3 Å². The predicted molar refractivity (Wildman–Crippen MR) is 87.7 cm³/mol. The zero-order valence-electron chi connectivity index (χ0n) is 11.0. The van der Waals surface area contributed by atoms with E-state index in [2.05, 4.69) is 15.2 Å². The summed E-state index contributed by atoms with van der Waals surface area (Å²) in [6, 6.07) is 12.7. The van der Waals surface area contributed by atoms with Crippen molar-refractivity contribution in [2.75, 3.05) is 17.3 Å². The van der Waals surface area contributed by atoms with Crippen LogP contribution in [0.2, 0.25) is 0 Å². The van der Waals surface area contributed by atoms with Crippen LogP contribution < -0.4 is 11.5 Å². The van der Waals surface area contributed by atoms with E-state index in [1.54, 1.807) is 12.1 Å². The number of nitrogens with two attached hydrogens (primary N) is 2. The molecule has 2 aromatic rings. The van der Waals surface area contributed by atoms with Crippen LogP contribution in [0.25, 0.3) is 0 Å². The molecule has 1 aromatic heterocycles. The maximum absolute atomic E-state index is 9.04. The highest BCUT2D eigenvalue weighted by molar-refractivity contribution is 6.24. The molecule has 0 bridgehead atoms. The molecule has 4 N–H and O–H groups in total. The number of alkyl halides is 1. The number of carbonyl (C=O) groups is 1. The molecule has 0 unspecified atom stereocenters. The molecule has 0 aliphatic carbocycles. The molecule has 0 amide bonds. The van der Waals surface area contributed by atoms with Gasteiger partial charge in [0.2, 0.25) is 0 Å². The number of azo groups is 1. The number of aromatic nitrogens is 1. The van der Waals surface area contributed by atoms with Crippen molar-refractivity contribution >= 4 is 53.3 Å². The molecule has 0 aliphatic rings. The van der Waals surface area contributed by atoms with Crippen LogP contribution in [-0.2, 0) is 4.79 Å². The summed E-state index contributed by atoms with van der Waals surface area (Å²) in [7, 11) is 0. The molecule has 0 fully saturated rings. The number of nitrogens with zero attached hydrogens (tertiary/aromatic N) is 3. The van der Waals surface area contributed by atoms with E-state index in [9.17, 15) is 0 Å². The van der Waals surface area contributed by atoms with E-state index in [1.807, 2.05) is 30.3 Å². The first-order valence-corrected chi connectivity index (χ1v) is 6.19. The third-order valence-electron chi connectivity index (χ3n) is 2.02. The highest BCUT2D eigenvalue weighted by Gasteiger charge is 1.98. The van der Waals surface area contributed by atoms with Gasteiger partial charge in [-0.3, -0.25) is 0 Å². The molecule has 8 heteroatoms. The van der Waals surface area contributed by atoms with E-state index in [4.69, 9.17) is 27.9 Å². The summed E-state index contributed by atoms with van der Waals surface area (Å²) in [5, 5.41) is 8.03. The van der Waals surface area contributed by atoms with Gasteiger partial charge in [-0.1, -0.05) is 18.2 Å². The number of halogens is 2. The van der Waals surface area contributed by atoms with E-state index in [1.165, 1.54) is 0 Å². The van der Waals surface area contributed by atoms with E-state index < -0.39 is 0 Å². The molecule has 0 spiro atoms. The standard InChI is InChI=1S/C11H11N5.C2H3ClO.ClH/c12-10-7-6-9(11(13)14-10)16-15-8-4-2-1-3-5-8;3-1-2-4;/h1-7H,(H4,12,13,14);2H,1H2;1H. The number of anilines is 2. The van der Waals surface area contributed by atoms with Crippen LogP contribution in [0.4, 0.5) is 23.0 Å². The van der Waals surface area contributed by atoms with Crippen molar-refractivity contribution in [3.05, 3.63) is 42.5 Å². The van der Waals surface area contributed by atoms with Crippen LogP contribution in [0.5, 0.6) is 0 Å². The lowest BCUT2D eigenvalue weighted by atomic mass is 10.3. The Bertz CT molecular complexity index is 578. The van der Waals surface area contributed by atoms with E-state index in [-0.39, 0.29) is 24.1 Å². The summed E-state index contributed by atoms with van der Waals surface area (Å²) in [4.78, 5) is 12.9. The van der Waals surface area contributed by atoms with Gasteiger partial charge < -0.3 is 16.3 Å². The Morgan fingerprint density at radius 3 is 2.24 bits per heavy atom. The minimum atomic E-state index is 0. The lowest BCUT2D eigenvalue weighted by molar-refractivity contribution is -0.105. The first-order chi connectivity index (χ1) is 9.67. The normalized spacial score (nSPS) is 9.38. The van der Waals surface area contributed by atoms with E-state index in [0.717, 1.165) is 5.69 Å². The summed E-state index contributed by atoms with van der Waals surface area (Å²) in [5.74, 6) is 0.760. The lowest BCUT2D eigenvalue weighted by Crippen LogP contribution is -1.95. The van der Waals surface area contributed by atoms with Crippen molar-refractivity contribution in [1.82, 2.24) is 4.98 Å². The molecule has 0 saturated heterocycles. The number of rotatable bonds is 3. The Hall–Kier alpha value is -2.18. The van der Waals surface area contributed by atoms with Gasteiger partial charge in [-0.2, -0.15) is 5.11 Å². The van der Waals surface area contributed by atoms with Gasteiger partial charge in [0.1, 0.15) is 17.8 Å². The van der Waals surface area contributed by atoms with Crippen molar-refractivity contribution < 1.29 is 4.79 Å². The van der Waals surface area contributed by atoms with Gasteiger partial charge in [-0.25, -0.2) is 4.98 Å². The quantitative estimate of drug-likeness (QED) is 0.511. The molecule has 1 aromatic carbocycles. The Kier molecular flexibility index (Phi) is 9.49. The summed E-state index contributed by atoms with van der Waals surface area (Å²) < 4.78 is 0. The number of pyridine rings is 1. The molecule has 2 rings (SSSR count). The highest BCUT2D eigenvalue weighted by Crippen LogP contribution is 2.23. The number of aldehydes is 1. The number of carbonyl (C=O) groups excluding carboxylic acids is 1. The molecule has 0 radical (unpaired) electrons. The van der Waals surface area contributed by atoms with Crippen LogP contribution >= 0.6 is 24.0 Å². The highest BCUT2D eigenvalue weighted by atomic mass is 35.5. The molecule has 21 heavy (non-hydrogen) atoms. The number of hydrogen-bond acceptors (Lipinski definition) is 6. The topological polar surface area (TPSA) is 107 Å². The van der Waals surface area contributed by atoms with Crippen molar-refractivity contribution in [2.24, 2.45) is 10.2 Å². The monoisotopic (exact) mass is 327 g/mol. The van der Waals surface area contributed by atoms with Gasteiger partial charge in [0.15, 0.2) is 5.82 Å². The second-order valence-corrected chi connectivity index (χ2v) is 3.81. The fourth-order valence-corrected chi connectivity index (χ4v) is 1.17. The second-order valence-electron chi connectivity index (χ2n) is 3.50. The van der Waals surface area contributed by atoms with Crippen molar-refractivity contribution in [2.45, 2.75) is 0 Å². The van der Waals surface area contributed by atoms with Gasteiger partial charge in [0.05, 0.1) is 11.6 Å². The van der Waals surface area contributed by atoms with Crippen LogP contribution in [0.3, 0.4) is 0 Å². The molecule has 1 heterocycles. The zero-order chi connectivity index (χ0) is 14.8. The average molecular weight is 328 g/mol. The smallest absolute Gasteiger partial charge is 0.153 e. The Labute approximate surface area is 133 Å². The predicted octanol–water partition coefficient (Wildman–Crippen LogP) is 3.51. The van der Waals surface area contributed by atoms with Gasteiger partial charge in [0, 0.05) is 0 Å². The maximum Gasteiger partial charge on any atom is 0.153 e. The van der Waals surface area contributed by atoms with Crippen molar-refractivity contribution in [3.63, 3.8) is 0 Å². The first kappa shape index (κ1) is 18.8. The molecular weight excluding hydrogens is 313 g/mol.